The molecular weight excluding hydrogens is 365 g/mol. The molecule has 0 radical (unpaired) electrons. The maximum atomic E-state index is 12.6. The van der Waals surface area contributed by atoms with Crippen LogP contribution in [0.3, 0.4) is 0 Å². The second-order valence-corrected chi connectivity index (χ2v) is 5.54. The van der Waals surface area contributed by atoms with E-state index in [2.05, 4.69) is 5.32 Å². The Morgan fingerprint density at radius 3 is 2.07 bits per heavy atom. The number of carbonyl (C=O) groups excluding carboxylic acids is 2. The number of halogens is 3. The summed E-state index contributed by atoms with van der Waals surface area (Å²) in [5, 5.41) is 2.51. The summed E-state index contributed by atoms with van der Waals surface area (Å²) in [4.78, 5) is 23.9. The summed E-state index contributed by atoms with van der Waals surface area (Å²) in [5.74, 6) is -0.801. The van der Waals surface area contributed by atoms with Crippen LogP contribution in [0.2, 0.25) is 0 Å². The van der Waals surface area contributed by atoms with E-state index < -0.39 is 23.6 Å². The van der Waals surface area contributed by atoms with Gasteiger partial charge in [-0.15, -0.1) is 0 Å². The Morgan fingerprint density at radius 2 is 1.59 bits per heavy atom. The molecular formula is C18H17F3N2O4. The molecule has 0 unspecified atom stereocenters. The van der Waals surface area contributed by atoms with Crippen molar-refractivity contribution in [3.8, 4) is 11.5 Å². The Kier molecular flexibility index (Phi) is 5.94. The normalized spacial score (nSPS) is 11.0. The maximum Gasteiger partial charge on any atom is 0.416 e. The van der Waals surface area contributed by atoms with Gasteiger partial charge in [0.25, 0.3) is 5.91 Å². The Bertz CT molecular complexity index is 849. The highest BCUT2D eigenvalue weighted by atomic mass is 19.4. The second kappa shape index (κ2) is 7.98. The number of hydrogen-bond donors (Lipinski definition) is 2. The molecule has 0 aromatic heterocycles. The van der Waals surface area contributed by atoms with Crippen molar-refractivity contribution in [1.82, 2.24) is 0 Å². The smallest absolute Gasteiger partial charge is 0.416 e. The first-order chi connectivity index (χ1) is 12.7. The Hall–Kier alpha value is -3.23. The van der Waals surface area contributed by atoms with E-state index in [0.29, 0.717) is 5.56 Å². The summed E-state index contributed by atoms with van der Waals surface area (Å²) in [6, 6.07) is 6.93. The predicted molar refractivity (Wildman–Crippen MR) is 91.8 cm³/mol. The number of nitrogens with two attached hydrogens (primary N) is 1. The van der Waals surface area contributed by atoms with E-state index >= 15 is 0 Å². The SMILES string of the molecule is COc1cc(NC(=O)Cc2ccc(C(F)(F)F)cc2)c(C(N)=O)cc1OC. The van der Waals surface area contributed by atoms with Crippen molar-refractivity contribution in [2.45, 2.75) is 12.6 Å². The van der Waals surface area contributed by atoms with Gasteiger partial charge in [-0.05, 0) is 23.8 Å². The molecule has 0 bridgehead atoms. The van der Waals surface area contributed by atoms with Crippen LogP contribution in [-0.2, 0) is 17.4 Å². The molecule has 3 N–H and O–H groups in total. The molecule has 2 aromatic rings. The van der Waals surface area contributed by atoms with Crippen molar-refractivity contribution >= 4 is 17.5 Å². The molecule has 2 aromatic carbocycles. The number of benzene rings is 2. The molecule has 0 heterocycles. The number of amides is 2. The topological polar surface area (TPSA) is 90.6 Å². The number of nitrogens with one attached hydrogen (secondary N) is 1. The van der Waals surface area contributed by atoms with Gasteiger partial charge in [0.1, 0.15) is 0 Å². The van der Waals surface area contributed by atoms with Crippen molar-refractivity contribution in [2.75, 3.05) is 19.5 Å². The molecule has 0 aliphatic rings. The van der Waals surface area contributed by atoms with Gasteiger partial charge in [0.15, 0.2) is 11.5 Å². The minimum absolute atomic E-state index is 0.00780. The van der Waals surface area contributed by atoms with Crippen LogP contribution in [0.15, 0.2) is 36.4 Å². The number of methoxy groups -OCH3 is 2. The van der Waals surface area contributed by atoms with Crippen LogP contribution in [0.5, 0.6) is 11.5 Å². The predicted octanol–water partition coefficient (Wildman–Crippen LogP) is 3.00. The van der Waals surface area contributed by atoms with Crippen LogP contribution in [0.25, 0.3) is 0 Å². The number of anilines is 1. The van der Waals surface area contributed by atoms with Gasteiger partial charge < -0.3 is 20.5 Å². The van der Waals surface area contributed by atoms with Crippen LogP contribution in [0, 0.1) is 0 Å². The summed E-state index contributed by atoms with van der Waals surface area (Å²) in [6.45, 7) is 0. The fourth-order valence-electron chi connectivity index (χ4n) is 2.38. The van der Waals surface area contributed by atoms with Crippen molar-refractivity contribution in [2.24, 2.45) is 5.73 Å². The van der Waals surface area contributed by atoms with Crippen molar-refractivity contribution < 1.29 is 32.2 Å². The molecule has 0 aliphatic carbocycles. The van der Waals surface area contributed by atoms with Crippen molar-refractivity contribution in [1.29, 1.82) is 0 Å². The van der Waals surface area contributed by atoms with E-state index in [0.717, 1.165) is 12.1 Å². The average molecular weight is 382 g/mol. The highest BCUT2D eigenvalue weighted by molar-refractivity contribution is 6.04. The fourth-order valence-corrected chi connectivity index (χ4v) is 2.38. The van der Waals surface area contributed by atoms with Gasteiger partial charge in [0.2, 0.25) is 5.91 Å². The summed E-state index contributed by atoms with van der Waals surface area (Å²) >= 11 is 0. The van der Waals surface area contributed by atoms with Crippen LogP contribution in [0.4, 0.5) is 18.9 Å². The Labute approximate surface area is 153 Å². The first kappa shape index (κ1) is 20.1. The summed E-state index contributed by atoms with van der Waals surface area (Å²) in [7, 11) is 2.76. The molecule has 0 fully saturated rings. The summed E-state index contributed by atoms with van der Waals surface area (Å²) < 4.78 is 47.9. The lowest BCUT2D eigenvalue weighted by Gasteiger charge is -2.14. The van der Waals surface area contributed by atoms with Crippen molar-refractivity contribution in [3.63, 3.8) is 0 Å². The number of alkyl halides is 3. The summed E-state index contributed by atoms with van der Waals surface area (Å²) in [6.07, 6.45) is -4.64. The molecule has 0 spiro atoms. The van der Waals surface area contributed by atoms with Gasteiger partial charge in [0, 0.05) is 6.07 Å². The molecule has 9 heteroatoms. The molecule has 2 rings (SSSR count). The van der Waals surface area contributed by atoms with Crippen molar-refractivity contribution in [3.05, 3.63) is 53.1 Å². The maximum absolute atomic E-state index is 12.6. The van der Waals surface area contributed by atoms with Crippen LogP contribution in [0.1, 0.15) is 21.5 Å². The average Bonchev–Trinajstić information content (AvgIpc) is 2.60. The lowest BCUT2D eigenvalue weighted by atomic mass is 10.1. The van der Waals surface area contributed by atoms with E-state index in [1.165, 1.54) is 38.5 Å². The third-order valence-corrected chi connectivity index (χ3v) is 3.71. The number of rotatable bonds is 6. The van der Waals surface area contributed by atoms with Gasteiger partial charge in [-0.3, -0.25) is 9.59 Å². The second-order valence-electron chi connectivity index (χ2n) is 5.54. The zero-order valence-electron chi connectivity index (χ0n) is 14.5. The third kappa shape index (κ3) is 4.90. The minimum Gasteiger partial charge on any atom is -0.493 e. The zero-order valence-corrected chi connectivity index (χ0v) is 14.5. The molecule has 144 valence electrons. The molecule has 6 nitrogen and oxygen atoms in total. The third-order valence-electron chi connectivity index (χ3n) is 3.71. The standard InChI is InChI=1S/C18H17F3N2O4/c1-26-14-8-12(17(22)25)13(9-15(14)27-2)23-16(24)7-10-3-5-11(6-4-10)18(19,20)21/h3-6,8-9H,7H2,1-2H3,(H2,22,25)(H,23,24). The molecule has 0 atom stereocenters. The first-order valence-electron chi connectivity index (χ1n) is 7.67. The lowest BCUT2D eigenvalue weighted by molar-refractivity contribution is -0.137. The van der Waals surface area contributed by atoms with Gasteiger partial charge >= 0.3 is 6.18 Å². The highest BCUT2D eigenvalue weighted by Crippen LogP contribution is 2.33. The van der Waals surface area contributed by atoms with Crippen LogP contribution >= 0.6 is 0 Å². The van der Waals surface area contributed by atoms with Crippen LogP contribution in [-0.4, -0.2) is 26.0 Å². The quantitative estimate of drug-likeness (QED) is 0.804. The number of ether oxygens (including phenoxy) is 2. The molecule has 27 heavy (non-hydrogen) atoms. The molecule has 0 saturated heterocycles. The van der Waals surface area contributed by atoms with Gasteiger partial charge in [-0.25, -0.2) is 0 Å². The zero-order chi connectivity index (χ0) is 20.2. The van der Waals surface area contributed by atoms with Gasteiger partial charge in [0.05, 0.1) is 37.5 Å². The van der Waals surface area contributed by atoms with E-state index in [-0.39, 0.29) is 29.2 Å². The van der Waals surface area contributed by atoms with E-state index in [1.54, 1.807) is 0 Å². The van der Waals surface area contributed by atoms with Gasteiger partial charge in [-0.2, -0.15) is 13.2 Å². The highest BCUT2D eigenvalue weighted by Gasteiger charge is 2.30. The van der Waals surface area contributed by atoms with Gasteiger partial charge in [-0.1, -0.05) is 12.1 Å². The minimum atomic E-state index is -4.45. The van der Waals surface area contributed by atoms with E-state index in [1.807, 2.05) is 0 Å². The molecule has 0 saturated carbocycles. The van der Waals surface area contributed by atoms with Crippen LogP contribution < -0.4 is 20.5 Å². The number of hydrogen-bond acceptors (Lipinski definition) is 4. The van der Waals surface area contributed by atoms with E-state index in [4.69, 9.17) is 15.2 Å². The molecule has 0 aliphatic heterocycles. The Balaban J connectivity index is 2.21. The Morgan fingerprint density at radius 1 is 1.04 bits per heavy atom. The monoisotopic (exact) mass is 382 g/mol. The summed E-state index contributed by atoms with van der Waals surface area (Å²) in [5.41, 5.74) is 5.01. The molecule has 2 amide bonds. The number of primary amides is 1. The first-order valence-corrected chi connectivity index (χ1v) is 7.67. The number of carbonyl (C=O) groups is 2. The fraction of sp³-hybridized carbons (Fsp3) is 0.222. The lowest BCUT2D eigenvalue weighted by Crippen LogP contribution is -2.20. The van der Waals surface area contributed by atoms with E-state index in [9.17, 15) is 22.8 Å². The largest absolute Gasteiger partial charge is 0.493 e.